The Hall–Kier alpha value is -2.93. The third-order valence-corrected chi connectivity index (χ3v) is 4.72. The van der Waals surface area contributed by atoms with Crippen LogP contribution in [-0.2, 0) is 11.3 Å². The molecule has 0 bridgehead atoms. The lowest BCUT2D eigenvalue weighted by molar-refractivity contribution is -0.116. The minimum absolute atomic E-state index is 0.0125. The maximum absolute atomic E-state index is 12.5. The van der Waals surface area contributed by atoms with Crippen LogP contribution in [0.1, 0.15) is 36.2 Å². The van der Waals surface area contributed by atoms with Crippen molar-refractivity contribution >= 4 is 33.4 Å². The molecule has 3 aromatic rings. The van der Waals surface area contributed by atoms with Crippen LogP contribution in [0.2, 0.25) is 0 Å². The Morgan fingerprint density at radius 3 is 2.62 bits per heavy atom. The number of halogens is 1. The topological polar surface area (TPSA) is 76.0 Å². The van der Waals surface area contributed by atoms with E-state index in [0.29, 0.717) is 24.4 Å². The molecule has 1 heterocycles. The van der Waals surface area contributed by atoms with Crippen molar-refractivity contribution in [2.75, 3.05) is 5.32 Å². The first-order chi connectivity index (χ1) is 13.9. The fourth-order valence-corrected chi connectivity index (χ4v) is 3.07. The lowest BCUT2D eigenvalue weighted by atomic mass is 10.1. The summed E-state index contributed by atoms with van der Waals surface area (Å²) in [6.07, 6.45) is 3.71. The number of aromatic nitrogens is 2. The fourth-order valence-electron chi connectivity index (χ4n) is 2.80. The van der Waals surface area contributed by atoms with E-state index >= 15 is 0 Å². The first-order valence-corrected chi connectivity index (χ1v) is 10.2. The van der Waals surface area contributed by atoms with Gasteiger partial charge in [-0.15, -0.1) is 0 Å². The van der Waals surface area contributed by atoms with E-state index in [-0.39, 0.29) is 11.8 Å². The molecule has 150 valence electrons. The normalized spacial score (nSPS) is 10.8. The van der Waals surface area contributed by atoms with Crippen LogP contribution in [0.3, 0.4) is 0 Å². The van der Waals surface area contributed by atoms with E-state index < -0.39 is 0 Å². The fraction of sp³-hybridized carbons (Fsp3) is 0.227. The number of hydrogen-bond acceptors (Lipinski definition) is 3. The number of anilines is 1. The van der Waals surface area contributed by atoms with Crippen LogP contribution in [0.15, 0.2) is 65.4 Å². The van der Waals surface area contributed by atoms with Crippen molar-refractivity contribution in [3.8, 4) is 5.69 Å². The molecular weight excluding hydrogens is 432 g/mol. The third-order valence-electron chi connectivity index (χ3n) is 4.19. The van der Waals surface area contributed by atoms with E-state index in [2.05, 4.69) is 31.7 Å². The SMILES string of the molecule is CC(C)CC(=O)Nc1cccc(CNC(=O)c2cnn(-c3ccc(Br)cc3)c2)c1. The number of rotatable bonds is 7. The summed E-state index contributed by atoms with van der Waals surface area (Å²) >= 11 is 3.40. The summed E-state index contributed by atoms with van der Waals surface area (Å²) in [6, 6.07) is 15.1. The summed E-state index contributed by atoms with van der Waals surface area (Å²) in [6.45, 7) is 4.37. The number of carbonyl (C=O) groups excluding carboxylic acids is 2. The Kier molecular flexibility index (Phi) is 6.82. The van der Waals surface area contributed by atoms with Gasteiger partial charge in [-0.2, -0.15) is 5.10 Å². The third kappa shape index (κ3) is 6.02. The first-order valence-electron chi connectivity index (χ1n) is 9.38. The highest BCUT2D eigenvalue weighted by Crippen LogP contribution is 2.15. The number of benzene rings is 2. The number of nitrogens with zero attached hydrogens (tertiary/aromatic N) is 2. The summed E-state index contributed by atoms with van der Waals surface area (Å²) < 4.78 is 2.64. The largest absolute Gasteiger partial charge is 0.348 e. The molecule has 2 amide bonds. The van der Waals surface area contributed by atoms with Gasteiger partial charge in [-0.1, -0.05) is 41.9 Å². The van der Waals surface area contributed by atoms with Gasteiger partial charge in [0.1, 0.15) is 0 Å². The van der Waals surface area contributed by atoms with Crippen molar-refractivity contribution in [1.82, 2.24) is 15.1 Å². The minimum Gasteiger partial charge on any atom is -0.348 e. The summed E-state index contributed by atoms with van der Waals surface area (Å²) in [5, 5.41) is 10.0. The maximum Gasteiger partial charge on any atom is 0.254 e. The average Bonchev–Trinajstić information content (AvgIpc) is 3.16. The van der Waals surface area contributed by atoms with Crippen LogP contribution < -0.4 is 10.6 Å². The van der Waals surface area contributed by atoms with E-state index in [1.807, 2.05) is 62.4 Å². The highest BCUT2D eigenvalue weighted by atomic mass is 79.9. The molecule has 3 rings (SSSR count). The summed E-state index contributed by atoms with van der Waals surface area (Å²) in [5.74, 6) is 0.0833. The van der Waals surface area contributed by atoms with Crippen molar-refractivity contribution in [2.45, 2.75) is 26.8 Å². The van der Waals surface area contributed by atoms with E-state index in [1.54, 1.807) is 17.1 Å². The van der Waals surface area contributed by atoms with Crippen molar-refractivity contribution < 1.29 is 9.59 Å². The molecule has 0 radical (unpaired) electrons. The minimum atomic E-state index is -0.206. The van der Waals surface area contributed by atoms with Gasteiger partial charge < -0.3 is 10.6 Å². The number of hydrogen-bond donors (Lipinski definition) is 2. The van der Waals surface area contributed by atoms with E-state index in [0.717, 1.165) is 21.4 Å². The zero-order valence-electron chi connectivity index (χ0n) is 16.4. The van der Waals surface area contributed by atoms with Gasteiger partial charge in [-0.3, -0.25) is 9.59 Å². The second-order valence-electron chi connectivity index (χ2n) is 7.18. The summed E-state index contributed by atoms with van der Waals surface area (Å²) in [5.41, 5.74) is 2.98. The molecule has 0 fully saturated rings. The number of amides is 2. The van der Waals surface area contributed by atoms with E-state index in [4.69, 9.17) is 0 Å². The van der Waals surface area contributed by atoms with Gasteiger partial charge in [-0.05, 0) is 47.9 Å². The van der Waals surface area contributed by atoms with Gasteiger partial charge in [0.25, 0.3) is 5.91 Å². The number of carbonyl (C=O) groups is 2. The van der Waals surface area contributed by atoms with Crippen LogP contribution in [0.4, 0.5) is 5.69 Å². The summed E-state index contributed by atoms with van der Waals surface area (Å²) in [7, 11) is 0. The van der Waals surface area contributed by atoms with E-state index in [9.17, 15) is 9.59 Å². The highest BCUT2D eigenvalue weighted by Gasteiger charge is 2.10. The standard InChI is InChI=1S/C22H23BrN4O2/c1-15(2)10-21(28)26-19-5-3-4-16(11-19)12-24-22(29)17-13-25-27(14-17)20-8-6-18(23)7-9-20/h3-9,11,13-15H,10,12H2,1-2H3,(H,24,29)(H,26,28). The lowest BCUT2D eigenvalue weighted by Crippen LogP contribution is -2.22. The van der Waals surface area contributed by atoms with Crippen LogP contribution in [0.5, 0.6) is 0 Å². The first kappa shape index (κ1) is 20.8. The molecule has 0 spiro atoms. The van der Waals surface area contributed by atoms with Crippen molar-refractivity contribution in [3.05, 3.63) is 76.5 Å². The predicted molar refractivity (Wildman–Crippen MR) is 117 cm³/mol. The predicted octanol–water partition coefficient (Wildman–Crippen LogP) is 4.55. The molecule has 7 heteroatoms. The second kappa shape index (κ2) is 9.52. The molecule has 0 saturated heterocycles. The Morgan fingerprint density at radius 1 is 1.14 bits per heavy atom. The second-order valence-corrected chi connectivity index (χ2v) is 8.09. The Balaban J connectivity index is 1.59. The molecule has 2 aromatic carbocycles. The monoisotopic (exact) mass is 454 g/mol. The van der Waals surface area contributed by atoms with Gasteiger partial charge in [0, 0.05) is 29.3 Å². The quantitative estimate of drug-likeness (QED) is 0.549. The zero-order chi connectivity index (χ0) is 20.8. The molecule has 1 aromatic heterocycles. The average molecular weight is 455 g/mol. The Bertz CT molecular complexity index is 996. The van der Waals surface area contributed by atoms with Crippen molar-refractivity contribution in [2.24, 2.45) is 5.92 Å². The van der Waals surface area contributed by atoms with E-state index in [1.165, 1.54) is 0 Å². The van der Waals surface area contributed by atoms with Gasteiger partial charge in [0.05, 0.1) is 17.4 Å². The molecule has 0 saturated carbocycles. The molecule has 0 atom stereocenters. The lowest BCUT2D eigenvalue weighted by Gasteiger charge is -2.09. The number of nitrogens with one attached hydrogen (secondary N) is 2. The molecule has 2 N–H and O–H groups in total. The zero-order valence-corrected chi connectivity index (χ0v) is 17.9. The smallest absolute Gasteiger partial charge is 0.254 e. The van der Waals surface area contributed by atoms with Gasteiger partial charge >= 0.3 is 0 Å². The molecular formula is C22H23BrN4O2. The molecule has 0 aliphatic carbocycles. The van der Waals surface area contributed by atoms with Crippen LogP contribution in [0, 0.1) is 5.92 Å². The highest BCUT2D eigenvalue weighted by molar-refractivity contribution is 9.10. The molecule has 6 nitrogen and oxygen atoms in total. The van der Waals surface area contributed by atoms with Crippen LogP contribution >= 0.6 is 15.9 Å². The molecule has 29 heavy (non-hydrogen) atoms. The maximum atomic E-state index is 12.5. The Morgan fingerprint density at radius 2 is 1.90 bits per heavy atom. The molecule has 0 unspecified atom stereocenters. The van der Waals surface area contributed by atoms with Crippen molar-refractivity contribution in [1.29, 1.82) is 0 Å². The Labute approximate surface area is 178 Å². The molecule has 0 aliphatic heterocycles. The van der Waals surface area contributed by atoms with Gasteiger partial charge in [0.15, 0.2) is 0 Å². The van der Waals surface area contributed by atoms with Crippen molar-refractivity contribution in [3.63, 3.8) is 0 Å². The van der Waals surface area contributed by atoms with Crippen LogP contribution in [-0.4, -0.2) is 21.6 Å². The van der Waals surface area contributed by atoms with Gasteiger partial charge in [0.2, 0.25) is 5.91 Å². The summed E-state index contributed by atoms with van der Waals surface area (Å²) in [4.78, 5) is 24.4. The van der Waals surface area contributed by atoms with Gasteiger partial charge in [-0.25, -0.2) is 4.68 Å². The molecule has 0 aliphatic rings. The van der Waals surface area contributed by atoms with Crippen LogP contribution in [0.25, 0.3) is 5.69 Å².